The minimum absolute atomic E-state index is 0.0509. The van der Waals surface area contributed by atoms with Crippen molar-refractivity contribution in [3.8, 4) is 0 Å². The molecule has 18 heavy (non-hydrogen) atoms. The zero-order valence-electron chi connectivity index (χ0n) is 9.79. The highest BCUT2D eigenvalue weighted by Crippen LogP contribution is 2.37. The molecule has 2 rings (SSSR count). The van der Waals surface area contributed by atoms with Crippen LogP contribution in [0, 0.1) is 0 Å². The predicted octanol–water partition coefficient (Wildman–Crippen LogP) is 1.59. The first kappa shape index (κ1) is 13.1. The standard InChI is InChI=1S/C11H14N4OS2/c1-6(12)10(7-3-2-4-17-7)18-11-14-8(13)5-9(16)15-11/h2-6,10H,12H2,1H3,(H3,13,14,15,16). The van der Waals surface area contributed by atoms with Gasteiger partial charge in [0, 0.05) is 17.0 Å². The van der Waals surface area contributed by atoms with Gasteiger partial charge in [0.25, 0.3) is 5.56 Å². The van der Waals surface area contributed by atoms with E-state index < -0.39 is 0 Å². The number of H-pyrrole nitrogens is 1. The molecule has 2 aromatic rings. The molecule has 2 aromatic heterocycles. The van der Waals surface area contributed by atoms with Crippen LogP contribution < -0.4 is 17.0 Å². The molecule has 96 valence electrons. The Hall–Kier alpha value is -1.31. The molecule has 0 aromatic carbocycles. The van der Waals surface area contributed by atoms with Gasteiger partial charge < -0.3 is 16.5 Å². The van der Waals surface area contributed by atoms with E-state index in [1.165, 1.54) is 17.8 Å². The molecular weight excluding hydrogens is 268 g/mol. The highest BCUT2D eigenvalue weighted by atomic mass is 32.2. The zero-order chi connectivity index (χ0) is 13.1. The van der Waals surface area contributed by atoms with Gasteiger partial charge in [0.15, 0.2) is 5.16 Å². The van der Waals surface area contributed by atoms with Gasteiger partial charge in [0.1, 0.15) is 5.82 Å². The number of anilines is 1. The van der Waals surface area contributed by atoms with Crippen LogP contribution in [0.2, 0.25) is 0 Å². The number of nitrogens with two attached hydrogens (primary N) is 2. The lowest BCUT2D eigenvalue weighted by atomic mass is 10.2. The summed E-state index contributed by atoms with van der Waals surface area (Å²) in [5.41, 5.74) is 11.3. The topological polar surface area (TPSA) is 97.8 Å². The third-order valence-corrected chi connectivity index (χ3v) is 4.74. The van der Waals surface area contributed by atoms with Crippen molar-refractivity contribution in [2.75, 3.05) is 5.73 Å². The summed E-state index contributed by atoms with van der Waals surface area (Å²) >= 11 is 3.06. The van der Waals surface area contributed by atoms with Gasteiger partial charge in [-0.05, 0) is 18.4 Å². The molecule has 2 heterocycles. The Morgan fingerprint density at radius 3 is 2.89 bits per heavy atom. The van der Waals surface area contributed by atoms with E-state index in [0.29, 0.717) is 5.16 Å². The number of nitrogens with zero attached hydrogens (tertiary/aromatic N) is 1. The van der Waals surface area contributed by atoms with E-state index in [1.54, 1.807) is 11.3 Å². The van der Waals surface area contributed by atoms with E-state index >= 15 is 0 Å². The van der Waals surface area contributed by atoms with E-state index in [2.05, 4.69) is 9.97 Å². The highest BCUT2D eigenvalue weighted by molar-refractivity contribution is 7.99. The van der Waals surface area contributed by atoms with E-state index in [-0.39, 0.29) is 22.7 Å². The number of hydrogen-bond donors (Lipinski definition) is 3. The SMILES string of the molecule is CC(N)C(Sc1nc(N)cc(=O)[nH]1)c1cccs1. The lowest BCUT2D eigenvalue weighted by Crippen LogP contribution is -2.22. The molecule has 5 nitrogen and oxygen atoms in total. The maximum absolute atomic E-state index is 11.3. The van der Waals surface area contributed by atoms with Gasteiger partial charge in [0.05, 0.1) is 5.25 Å². The second kappa shape index (κ2) is 5.55. The minimum atomic E-state index is -0.250. The molecule has 0 saturated carbocycles. The molecule has 0 fully saturated rings. The van der Waals surface area contributed by atoms with Gasteiger partial charge in [-0.1, -0.05) is 17.8 Å². The predicted molar refractivity (Wildman–Crippen MR) is 75.8 cm³/mol. The Kier molecular flexibility index (Phi) is 4.05. The van der Waals surface area contributed by atoms with Crippen LogP contribution in [-0.2, 0) is 0 Å². The number of rotatable bonds is 4. The van der Waals surface area contributed by atoms with Crippen LogP contribution in [0.15, 0.2) is 33.5 Å². The van der Waals surface area contributed by atoms with Crippen molar-refractivity contribution in [2.24, 2.45) is 5.73 Å². The van der Waals surface area contributed by atoms with Gasteiger partial charge in [-0.2, -0.15) is 0 Å². The van der Waals surface area contributed by atoms with Crippen LogP contribution in [0.3, 0.4) is 0 Å². The van der Waals surface area contributed by atoms with Crippen molar-refractivity contribution in [3.05, 3.63) is 38.8 Å². The molecule has 5 N–H and O–H groups in total. The molecular formula is C11H14N4OS2. The lowest BCUT2D eigenvalue weighted by Gasteiger charge is -2.18. The molecule has 0 amide bonds. The molecule has 0 spiro atoms. The quantitative estimate of drug-likeness (QED) is 0.584. The number of hydrogen-bond acceptors (Lipinski definition) is 6. The van der Waals surface area contributed by atoms with Crippen LogP contribution in [0.25, 0.3) is 0 Å². The normalized spacial score (nSPS) is 14.3. The molecule has 0 radical (unpaired) electrons. The maximum Gasteiger partial charge on any atom is 0.253 e. The first-order valence-electron chi connectivity index (χ1n) is 5.39. The van der Waals surface area contributed by atoms with Crippen LogP contribution in [0.1, 0.15) is 17.1 Å². The summed E-state index contributed by atoms with van der Waals surface area (Å²) in [6, 6.07) is 5.21. The van der Waals surface area contributed by atoms with Gasteiger partial charge in [-0.25, -0.2) is 4.98 Å². The third kappa shape index (κ3) is 3.12. The van der Waals surface area contributed by atoms with Crippen molar-refractivity contribution >= 4 is 28.9 Å². The monoisotopic (exact) mass is 282 g/mol. The third-order valence-electron chi connectivity index (χ3n) is 2.28. The molecule has 2 atom stereocenters. The van der Waals surface area contributed by atoms with Crippen LogP contribution in [0.4, 0.5) is 5.82 Å². The number of aromatic amines is 1. The second-order valence-electron chi connectivity index (χ2n) is 3.89. The van der Waals surface area contributed by atoms with Crippen molar-refractivity contribution < 1.29 is 0 Å². The van der Waals surface area contributed by atoms with Crippen LogP contribution in [0.5, 0.6) is 0 Å². The number of aromatic nitrogens is 2. The number of thioether (sulfide) groups is 1. The molecule has 2 unspecified atom stereocenters. The minimum Gasteiger partial charge on any atom is -0.383 e. The molecule has 0 saturated heterocycles. The smallest absolute Gasteiger partial charge is 0.253 e. The fourth-order valence-corrected chi connectivity index (χ4v) is 3.61. The molecule has 0 aliphatic rings. The molecule has 0 bridgehead atoms. The Morgan fingerprint density at radius 2 is 2.33 bits per heavy atom. The Morgan fingerprint density at radius 1 is 1.56 bits per heavy atom. The van der Waals surface area contributed by atoms with E-state index in [1.807, 2.05) is 24.4 Å². The summed E-state index contributed by atoms with van der Waals surface area (Å²) in [6.45, 7) is 1.93. The number of nitrogens with one attached hydrogen (secondary N) is 1. The zero-order valence-corrected chi connectivity index (χ0v) is 11.4. The van der Waals surface area contributed by atoms with E-state index in [9.17, 15) is 4.79 Å². The van der Waals surface area contributed by atoms with E-state index in [4.69, 9.17) is 11.5 Å². The Labute approximate surface area is 113 Å². The van der Waals surface area contributed by atoms with Gasteiger partial charge in [0.2, 0.25) is 0 Å². The average Bonchev–Trinajstić information content (AvgIpc) is 2.77. The average molecular weight is 282 g/mol. The van der Waals surface area contributed by atoms with E-state index in [0.717, 1.165) is 4.88 Å². The summed E-state index contributed by atoms with van der Waals surface area (Å²) in [6.07, 6.45) is 0. The first-order chi connectivity index (χ1) is 8.56. The van der Waals surface area contributed by atoms with Crippen molar-refractivity contribution in [1.82, 2.24) is 9.97 Å². The maximum atomic E-state index is 11.3. The number of thiophene rings is 1. The Balaban J connectivity index is 2.27. The van der Waals surface area contributed by atoms with Crippen molar-refractivity contribution in [2.45, 2.75) is 23.4 Å². The summed E-state index contributed by atoms with van der Waals surface area (Å²) in [5.74, 6) is 0.218. The highest BCUT2D eigenvalue weighted by Gasteiger charge is 2.20. The lowest BCUT2D eigenvalue weighted by molar-refractivity contribution is 0.726. The fourth-order valence-electron chi connectivity index (χ4n) is 1.51. The van der Waals surface area contributed by atoms with Crippen molar-refractivity contribution in [3.63, 3.8) is 0 Å². The summed E-state index contributed by atoms with van der Waals surface area (Å²) in [5, 5.41) is 2.55. The largest absolute Gasteiger partial charge is 0.383 e. The summed E-state index contributed by atoms with van der Waals surface area (Å²) in [4.78, 5) is 19.2. The fraction of sp³-hybridized carbons (Fsp3) is 0.273. The first-order valence-corrected chi connectivity index (χ1v) is 7.14. The van der Waals surface area contributed by atoms with Gasteiger partial charge in [-0.3, -0.25) is 4.79 Å². The van der Waals surface area contributed by atoms with Crippen molar-refractivity contribution in [1.29, 1.82) is 0 Å². The van der Waals surface area contributed by atoms with Crippen LogP contribution >= 0.6 is 23.1 Å². The Bertz CT molecular complexity index is 565. The summed E-state index contributed by atoms with van der Waals surface area (Å²) < 4.78 is 0. The van der Waals surface area contributed by atoms with Gasteiger partial charge >= 0.3 is 0 Å². The molecule has 7 heteroatoms. The summed E-state index contributed by atoms with van der Waals surface area (Å²) in [7, 11) is 0. The second-order valence-corrected chi connectivity index (χ2v) is 6.00. The van der Waals surface area contributed by atoms with Gasteiger partial charge in [-0.15, -0.1) is 11.3 Å². The molecule has 0 aliphatic heterocycles. The molecule has 0 aliphatic carbocycles. The number of nitrogen functional groups attached to an aromatic ring is 1. The van der Waals surface area contributed by atoms with Crippen LogP contribution in [-0.4, -0.2) is 16.0 Å².